The maximum Gasteiger partial charge on any atom is 0.267 e. The largest absolute Gasteiger partial charge is 0.353 e. The van der Waals surface area contributed by atoms with Crippen LogP contribution in [-0.2, 0) is 4.79 Å². The van der Waals surface area contributed by atoms with Crippen molar-refractivity contribution in [3.63, 3.8) is 0 Å². The number of aromatic nitrogens is 1. The van der Waals surface area contributed by atoms with Crippen molar-refractivity contribution in [1.29, 1.82) is 5.26 Å². The van der Waals surface area contributed by atoms with Crippen molar-refractivity contribution >= 4 is 17.4 Å². The number of carbonyl (C=O) groups excluding carboxylic acids is 1. The number of nitrogens with zero attached hydrogens (tertiary/aromatic N) is 3. The number of anilines is 2. The summed E-state index contributed by atoms with van der Waals surface area (Å²) in [5.41, 5.74) is -0.186. The number of hydrogen-bond acceptors (Lipinski definition) is 5. The highest BCUT2D eigenvalue weighted by molar-refractivity contribution is 6.09. The van der Waals surface area contributed by atoms with E-state index >= 15 is 0 Å². The quantitative estimate of drug-likeness (QED) is 0.614. The summed E-state index contributed by atoms with van der Waals surface area (Å²) in [5.74, 6) is 0.392. The van der Waals surface area contributed by atoms with Crippen molar-refractivity contribution in [1.82, 2.24) is 10.3 Å². The van der Waals surface area contributed by atoms with Crippen LogP contribution in [0.25, 0.3) is 0 Å². The van der Waals surface area contributed by atoms with E-state index in [1.165, 1.54) is 0 Å². The number of carbonyl (C=O) groups is 1. The highest BCUT2D eigenvalue weighted by atomic mass is 16.2. The topological polar surface area (TPSA) is 81.0 Å². The molecule has 1 fully saturated rings. The first kappa shape index (κ1) is 10.1. The lowest BCUT2D eigenvalue weighted by molar-refractivity contribution is -0.121. The van der Waals surface area contributed by atoms with Gasteiger partial charge in [-0.2, -0.15) is 5.26 Å². The number of rotatable bonds is 0. The summed E-state index contributed by atoms with van der Waals surface area (Å²) in [6.07, 6.45) is 4.25. The van der Waals surface area contributed by atoms with Crippen LogP contribution >= 0.6 is 0 Å². The minimum Gasteiger partial charge on any atom is -0.353 e. The molecule has 3 rings (SSSR count). The lowest BCUT2D eigenvalue weighted by atomic mass is 9.94. The van der Waals surface area contributed by atoms with Gasteiger partial charge >= 0.3 is 0 Å². The molecule has 2 aliphatic heterocycles. The van der Waals surface area contributed by atoms with Gasteiger partial charge < -0.3 is 10.6 Å². The molecule has 86 valence electrons. The highest BCUT2D eigenvalue weighted by Crippen LogP contribution is 2.35. The Morgan fingerprint density at radius 3 is 3.18 bits per heavy atom. The predicted molar refractivity (Wildman–Crippen MR) is 61.2 cm³/mol. The van der Waals surface area contributed by atoms with Crippen LogP contribution in [0.5, 0.6) is 0 Å². The first-order chi connectivity index (χ1) is 8.27. The second-order valence-corrected chi connectivity index (χ2v) is 4.25. The Balaban J connectivity index is 2.12. The van der Waals surface area contributed by atoms with E-state index in [2.05, 4.69) is 15.6 Å². The molecular formula is C11H11N5O. The highest BCUT2D eigenvalue weighted by Gasteiger charge is 2.48. The van der Waals surface area contributed by atoms with Crippen molar-refractivity contribution in [2.45, 2.75) is 12.0 Å². The third kappa shape index (κ3) is 1.29. The standard InChI is InChI=1S/C11H11N5O/c12-7-16-8-2-1-4-14-9(8)15-11(10(16)17)3-5-13-6-11/h1-2,4,13H,3,5-6H2,(H,14,15)/t11-/m1/s1. The van der Waals surface area contributed by atoms with Gasteiger partial charge in [-0.3, -0.25) is 4.79 Å². The van der Waals surface area contributed by atoms with Gasteiger partial charge in [0.15, 0.2) is 12.0 Å². The molecule has 1 atom stereocenters. The molecule has 0 radical (unpaired) electrons. The monoisotopic (exact) mass is 229 g/mol. The Bertz CT molecular complexity index is 515. The molecule has 17 heavy (non-hydrogen) atoms. The van der Waals surface area contributed by atoms with Crippen LogP contribution < -0.4 is 15.5 Å². The van der Waals surface area contributed by atoms with E-state index in [9.17, 15) is 4.79 Å². The first-order valence-electron chi connectivity index (χ1n) is 5.45. The fraction of sp³-hybridized carbons (Fsp3) is 0.364. The molecule has 1 saturated heterocycles. The lowest BCUT2D eigenvalue weighted by Crippen LogP contribution is -2.57. The molecule has 0 aromatic carbocycles. The lowest BCUT2D eigenvalue weighted by Gasteiger charge is -2.37. The van der Waals surface area contributed by atoms with Crippen molar-refractivity contribution in [3.8, 4) is 6.19 Å². The summed E-state index contributed by atoms with van der Waals surface area (Å²) in [5, 5.41) is 15.4. The van der Waals surface area contributed by atoms with E-state index < -0.39 is 5.54 Å². The zero-order valence-electron chi connectivity index (χ0n) is 9.10. The molecule has 2 aliphatic rings. The van der Waals surface area contributed by atoms with Crippen LogP contribution in [0.15, 0.2) is 18.3 Å². The van der Waals surface area contributed by atoms with Crippen molar-refractivity contribution in [2.24, 2.45) is 0 Å². The Hall–Kier alpha value is -2.13. The predicted octanol–water partition coefficient (Wildman–Crippen LogP) is 0.0533. The van der Waals surface area contributed by atoms with Crippen molar-refractivity contribution in [3.05, 3.63) is 18.3 Å². The van der Waals surface area contributed by atoms with E-state index in [-0.39, 0.29) is 5.91 Å². The average Bonchev–Trinajstić information content (AvgIpc) is 2.81. The normalized spacial score (nSPS) is 26.5. The van der Waals surface area contributed by atoms with Gasteiger partial charge in [-0.1, -0.05) is 0 Å². The second-order valence-electron chi connectivity index (χ2n) is 4.25. The average molecular weight is 229 g/mol. The zero-order chi connectivity index (χ0) is 11.9. The van der Waals surface area contributed by atoms with Crippen molar-refractivity contribution < 1.29 is 4.79 Å². The van der Waals surface area contributed by atoms with E-state index in [4.69, 9.17) is 5.26 Å². The van der Waals surface area contributed by atoms with E-state index in [1.807, 2.05) is 6.19 Å². The molecule has 6 nitrogen and oxygen atoms in total. The maximum atomic E-state index is 12.3. The molecule has 3 heterocycles. The molecule has 0 aliphatic carbocycles. The van der Waals surface area contributed by atoms with Gasteiger partial charge in [0.2, 0.25) is 0 Å². The van der Waals surface area contributed by atoms with Crippen LogP contribution in [-0.4, -0.2) is 29.5 Å². The SMILES string of the molecule is N#CN1C(=O)[C@]2(CCNC2)Nc2ncccc21. The van der Waals surface area contributed by atoms with Gasteiger partial charge in [-0.05, 0) is 25.1 Å². The van der Waals surface area contributed by atoms with Gasteiger partial charge in [0.1, 0.15) is 11.2 Å². The van der Waals surface area contributed by atoms with Crippen LogP contribution in [0, 0.1) is 11.5 Å². The molecule has 2 N–H and O–H groups in total. The molecule has 1 aromatic heterocycles. The Labute approximate surface area is 98.2 Å². The van der Waals surface area contributed by atoms with E-state index in [0.29, 0.717) is 24.5 Å². The van der Waals surface area contributed by atoms with Gasteiger partial charge in [0.25, 0.3) is 5.91 Å². The molecule has 0 unspecified atom stereocenters. The summed E-state index contributed by atoms with van der Waals surface area (Å²) >= 11 is 0. The van der Waals surface area contributed by atoms with Gasteiger partial charge in [-0.15, -0.1) is 0 Å². The summed E-state index contributed by atoms with van der Waals surface area (Å²) in [7, 11) is 0. The van der Waals surface area contributed by atoms with E-state index in [1.54, 1.807) is 18.3 Å². The van der Waals surface area contributed by atoms with Gasteiger partial charge in [0.05, 0.1) is 0 Å². The fourth-order valence-electron chi connectivity index (χ4n) is 2.36. The van der Waals surface area contributed by atoms with Crippen LogP contribution in [0.3, 0.4) is 0 Å². The third-order valence-electron chi connectivity index (χ3n) is 3.25. The Morgan fingerprint density at radius 1 is 1.59 bits per heavy atom. The first-order valence-corrected chi connectivity index (χ1v) is 5.45. The van der Waals surface area contributed by atoms with Gasteiger partial charge in [-0.25, -0.2) is 9.88 Å². The number of hydrogen-bond donors (Lipinski definition) is 2. The van der Waals surface area contributed by atoms with Crippen LogP contribution in [0.4, 0.5) is 11.5 Å². The number of fused-ring (bicyclic) bond motifs is 1. The maximum absolute atomic E-state index is 12.3. The summed E-state index contributed by atoms with van der Waals surface area (Å²) in [4.78, 5) is 17.6. The summed E-state index contributed by atoms with van der Waals surface area (Å²) < 4.78 is 0. The molecule has 1 aromatic rings. The second kappa shape index (κ2) is 3.43. The molecule has 1 amide bonds. The minimum atomic E-state index is -0.711. The molecule has 6 heteroatoms. The minimum absolute atomic E-state index is 0.203. The number of amides is 1. The van der Waals surface area contributed by atoms with E-state index in [0.717, 1.165) is 11.4 Å². The Kier molecular flexibility index (Phi) is 2.03. The number of nitrogens with one attached hydrogen (secondary N) is 2. The molecular weight excluding hydrogens is 218 g/mol. The molecule has 0 saturated carbocycles. The van der Waals surface area contributed by atoms with Crippen molar-refractivity contribution in [2.75, 3.05) is 23.3 Å². The van der Waals surface area contributed by atoms with Gasteiger partial charge in [0, 0.05) is 12.7 Å². The molecule has 1 spiro atoms. The zero-order valence-corrected chi connectivity index (χ0v) is 9.10. The fourth-order valence-corrected chi connectivity index (χ4v) is 2.36. The third-order valence-corrected chi connectivity index (χ3v) is 3.25. The Morgan fingerprint density at radius 2 is 2.47 bits per heavy atom. The smallest absolute Gasteiger partial charge is 0.267 e. The summed E-state index contributed by atoms with van der Waals surface area (Å²) in [6.45, 7) is 1.29. The molecule has 0 bridgehead atoms. The number of pyridine rings is 1. The van der Waals surface area contributed by atoms with Crippen LogP contribution in [0.1, 0.15) is 6.42 Å². The number of nitriles is 1. The summed E-state index contributed by atoms with van der Waals surface area (Å²) in [6, 6.07) is 3.43. The van der Waals surface area contributed by atoms with Crippen LogP contribution in [0.2, 0.25) is 0 Å².